The molecule has 0 atom stereocenters. The van der Waals surface area contributed by atoms with Crippen molar-refractivity contribution in [3.05, 3.63) is 30.6 Å². The smallest absolute Gasteiger partial charge is 0.0267 e. The molecule has 1 rings (SSSR count). The summed E-state index contributed by atoms with van der Waals surface area (Å²) in [6.45, 7) is 0. The van der Waals surface area contributed by atoms with Gasteiger partial charge in [0, 0.05) is 31.9 Å². The molecule has 0 spiro atoms. The van der Waals surface area contributed by atoms with Gasteiger partial charge in [-0.1, -0.05) is 6.07 Å². The van der Waals surface area contributed by atoms with E-state index in [1.807, 2.05) is 18.2 Å². The molecule has 7 heavy (non-hydrogen) atoms. The predicted octanol–water partition coefficient (Wildman–Crippen LogP) is 1.08. The van der Waals surface area contributed by atoms with Crippen LogP contribution in [0, 0.1) is 0 Å². The molecule has 0 bridgehead atoms. The Bertz CT molecular complexity index is 80.0. The van der Waals surface area contributed by atoms with Gasteiger partial charge in [0.25, 0.3) is 0 Å². The minimum atomic E-state index is 0. The Morgan fingerprint density at radius 3 is 1.57 bits per heavy atom. The third kappa shape index (κ3) is 2.47. The quantitative estimate of drug-likeness (QED) is 0.544. The maximum absolute atomic E-state index is 3.78. The van der Waals surface area contributed by atoms with Gasteiger partial charge >= 0.3 is 0 Å². The topological polar surface area (TPSA) is 12.9 Å². The molecule has 0 unspecified atom stereocenters. The van der Waals surface area contributed by atoms with Crippen LogP contribution >= 0.6 is 0 Å². The van der Waals surface area contributed by atoms with E-state index in [1.165, 1.54) is 0 Å². The fourth-order valence-corrected chi connectivity index (χ4v) is 0.313. The number of nitrogens with zero attached hydrogens (tertiary/aromatic N) is 1. The second kappa shape index (κ2) is 3.95. The average Bonchev–Trinajstić information content (AvgIpc) is 1.72. The second-order valence-corrected chi connectivity index (χ2v) is 1.02. The molecule has 1 aromatic rings. The van der Waals surface area contributed by atoms with E-state index in [1.54, 1.807) is 12.4 Å². The van der Waals surface area contributed by atoms with Crippen molar-refractivity contribution in [2.75, 3.05) is 0 Å². The van der Waals surface area contributed by atoms with E-state index in [9.17, 15) is 0 Å². The number of hydrogen-bond acceptors (Lipinski definition) is 1. The maximum atomic E-state index is 3.78. The minimum Gasteiger partial charge on any atom is -0.265 e. The molecule has 38 valence electrons. The van der Waals surface area contributed by atoms with Gasteiger partial charge in [-0.2, -0.15) is 0 Å². The molecule has 0 amide bonds. The molecule has 0 aromatic carbocycles. The Morgan fingerprint density at radius 2 is 1.43 bits per heavy atom. The van der Waals surface area contributed by atoms with Gasteiger partial charge in [-0.15, -0.1) is 0 Å². The van der Waals surface area contributed by atoms with Crippen molar-refractivity contribution in [3.8, 4) is 0 Å². The number of rotatable bonds is 0. The van der Waals surface area contributed by atoms with Gasteiger partial charge in [-0.3, -0.25) is 4.98 Å². The summed E-state index contributed by atoms with van der Waals surface area (Å²) >= 11 is 0. The van der Waals surface area contributed by atoms with E-state index in [-0.39, 0.29) is 19.5 Å². The average molecular weight is 180 g/mol. The first-order valence-corrected chi connectivity index (χ1v) is 1.85. The van der Waals surface area contributed by atoms with Crippen molar-refractivity contribution in [3.63, 3.8) is 0 Å². The molecular formula is C5H5NRu. The largest absolute Gasteiger partial charge is 0.265 e. The summed E-state index contributed by atoms with van der Waals surface area (Å²) in [6, 6.07) is 5.72. The summed E-state index contributed by atoms with van der Waals surface area (Å²) in [6.07, 6.45) is 3.50. The fraction of sp³-hybridized carbons (Fsp3) is 0. The predicted molar refractivity (Wildman–Crippen MR) is 24.2 cm³/mol. The van der Waals surface area contributed by atoms with Crippen molar-refractivity contribution < 1.29 is 19.5 Å². The van der Waals surface area contributed by atoms with Crippen molar-refractivity contribution in [2.45, 2.75) is 0 Å². The Morgan fingerprint density at radius 1 is 0.857 bits per heavy atom. The molecule has 0 aliphatic rings. The van der Waals surface area contributed by atoms with Gasteiger partial charge in [-0.25, -0.2) is 0 Å². The summed E-state index contributed by atoms with van der Waals surface area (Å²) in [5.41, 5.74) is 0. The summed E-state index contributed by atoms with van der Waals surface area (Å²) < 4.78 is 0. The fourth-order valence-electron chi connectivity index (χ4n) is 0.313. The van der Waals surface area contributed by atoms with E-state index in [0.717, 1.165) is 0 Å². The molecule has 1 heterocycles. The van der Waals surface area contributed by atoms with E-state index < -0.39 is 0 Å². The summed E-state index contributed by atoms with van der Waals surface area (Å²) in [5, 5.41) is 0. The van der Waals surface area contributed by atoms with Crippen LogP contribution in [0.3, 0.4) is 0 Å². The third-order valence-electron chi connectivity index (χ3n) is 0.566. The standard InChI is InChI=1S/C5H5N.Ru/c1-2-4-6-5-3-1;/h1-5H;. The monoisotopic (exact) mass is 181 g/mol. The minimum absolute atomic E-state index is 0. The van der Waals surface area contributed by atoms with Gasteiger partial charge in [0.05, 0.1) is 0 Å². The van der Waals surface area contributed by atoms with E-state index >= 15 is 0 Å². The van der Waals surface area contributed by atoms with Crippen molar-refractivity contribution >= 4 is 0 Å². The zero-order chi connectivity index (χ0) is 4.24. The summed E-state index contributed by atoms with van der Waals surface area (Å²) in [4.78, 5) is 3.78. The van der Waals surface area contributed by atoms with Gasteiger partial charge in [0.2, 0.25) is 0 Å². The van der Waals surface area contributed by atoms with Crippen LogP contribution in [0.1, 0.15) is 0 Å². The van der Waals surface area contributed by atoms with Crippen molar-refractivity contribution in [2.24, 2.45) is 0 Å². The van der Waals surface area contributed by atoms with E-state index in [2.05, 4.69) is 4.98 Å². The van der Waals surface area contributed by atoms with Crippen molar-refractivity contribution in [1.29, 1.82) is 0 Å². The molecule has 0 aliphatic carbocycles. The molecule has 0 saturated heterocycles. The zero-order valence-corrected chi connectivity index (χ0v) is 5.43. The Balaban J connectivity index is 0.000000360. The number of hydrogen-bond donors (Lipinski definition) is 0. The first-order valence-electron chi connectivity index (χ1n) is 1.85. The molecule has 0 aliphatic heterocycles. The van der Waals surface area contributed by atoms with Crippen LogP contribution in [0.15, 0.2) is 30.6 Å². The number of aromatic nitrogens is 1. The van der Waals surface area contributed by atoms with Crippen LogP contribution < -0.4 is 0 Å². The SMILES string of the molecule is [Ru].c1ccncc1. The van der Waals surface area contributed by atoms with Crippen molar-refractivity contribution in [1.82, 2.24) is 4.98 Å². The van der Waals surface area contributed by atoms with Crippen LogP contribution in [0.25, 0.3) is 0 Å². The molecule has 1 aromatic heterocycles. The van der Waals surface area contributed by atoms with E-state index in [4.69, 9.17) is 0 Å². The molecule has 0 saturated carbocycles. The van der Waals surface area contributed by atoms with Gasteiger partial charge in [-0.05, 0) is 12.1 Å². The van der Waals surface area contributed by atoms with Gasteiger partial charge in [0.15, 0.2) is 0 Å². The zero-order valence-electron chi connectivity index (χ0n) is 3.69. The Hall–Kier alpha value is -0.227. The molecular weight excluding hydrogens is 175 g/mol. The molecule has 2 heteroatoms. The molecule has 0 fully saturated rings. The normalized spacial score (nSPS) is 6.86. The van der Waals surface area contributed by atoms with Gasteiger partial charge < -0.3 is 0 Å². The molecule has 1 nitrogen and oxygen atoms in total. The summed E-state index contributed by atoms with van der Waals surface area (Å²) in [5.74, 6) is 0. The van der Waals surface area contributed by atoms with Crippen LogP contribution in [-0.4, -0.2) is 4.98 Å². The van der Waals surface area contributed by atoms with E-state index in [0.29, 0.717) is 0 Å². The maximum Gasteiger partial charge on any atom is 0.0267 e. The molecule has 0 N–H and O–H groups in total. The second-order valence-electron chi connectivity index (χ2n) is 1.02. The van der Waals surface area contributed by atoms with Crippen LogP contribution in [0.5, 0.6) is 0 Å². The Kier molecular flexibility index (Phi) is 3.82. The van der Waals surface area contributed by atoms with Gasteiger partial charge in [0.1, 0.15) is 0 Å². The first-order chi connectivity index (χ1) is 3.00. The van der Waals surface area contributed by atoms with Crippen LogP contribution in [0.2, 0.25) is 0 Å². The summed E-state index contributed by atoms with van der Waals surface area (Å²) in [7, 11) is 0. The third-order valence-corrected chi connectivity index (χ3v) is 0.566. The molecule has 0 radical (unpaired) electrons. The first kappa shape index (κ1) is 6.77. The number of pyridine rings is 1. The Labute approximate surface area is 55.5 Å². The van der Waals surface area contributed by atoms with Crippen LogP contribution in [-0.2, 0) is 19.5 Å². The van der Waals surface area contributed by atoms with Crippen LogP contribution in [0.4, 0.5) is 0 Å².